The summed E-state index contributed by atoms with van der Waals surface area (Å²) in [6.07, 6.45) is 2.15. The van der Waals surface area contributed by atoms with Gasteiger partial charge in [-0.15, -0.1) is 11.6 Å². The number of hydrogen-bond donors (Lipinski definition) is 0. The predicted molar refractivity (Wildman–Crippen MR) is 54.8 cm³/mol. The highest BCUT2D eigenvalue weighted by Gasteiger charge is 1.97. The van der Waals surface area contributed by atoms with Crippen molar-refractivity contribution in [1.82, 2.24) is 0 Å². The van der Waals surface area contributed by atoms with Crippen LogP contribution >= 0.6 is 11.6 Å². The van der Waals surface area contributed by atoms with E-state index in [1.165, 1.54) is 11.1 Å². The summed E-state index contributed by atoms with van der Waals surface area (Å²) < 4.78 is 0. The average Bonchev–Trinajstić information content (AvgIpc) is 2.03. The minimum Gasteiger partial charge on any atom is -0.123 e. The topological polar surface area (TPSA) is 0 Å². The fourth-order valence-electron chi connectivity index (χ4n) is 1.12. The Morgan fingerprint density at radius 1 is 1.25 bits per heavy atom. The summed E-state index contributed by atoms with van der Waals surface area (Å²) >= 11 is 5.86. The lowest BCUT2D eigenvalue weighted by atomic mass is 10.1. The van der Waals surface area contributed by atoms with E-state index >= 15 is 0 Å². The Balaban J connectivity index is 2.48. The molecule has 0 N–H and O–H groups in total. The minimum absolute atomic E-state index is 0.284. The number of alkyl halides is 1. The zero-order chi connectivity index (χ0) is 8.97. The zero-order valence-corrected chi connectivity index (χ0v) is 8.43. The third-order valence-electron chi connectivity index (χ3n) is 1.95. The van der Waals surface area contributed by atoms with Crippen molar-refractivity contribution in [2.75, 3.05) is 0 Å². The lowest BCUT2D eigenvalue weighted by molar-refractivity contribution is 0.803. The third-order valence-corrected chi connectivity index (χ3v) is 2.17. The standard InChI is InChI=1S/C11H15Cl/c1-9-3-6-11(7-4-9)8-5-10(2)12/h3-4,6-7,10H,5,8H2,1-2H3. The smallest absolute Gasteiger partial charge is 0.0311 e. The second-order valence-electron chi connectivity index (χ2n) is 3.31. The molecule has 66 valence electrons. The van der Waals surface area contributed by atoms with Gasteiger partial charge in [0.2, 0.25) is 0 Å². The molecular weight excluding hydrogens is 168 g/mol. The Morgan fingerprint density at radius 3 is 2.33 bits per heavy atom. The fourth-order valence-corrected chi connectivity index (χ4v) is 1.23. The van der Waals surface area contributed by atoms with Crippen LogP contribution in [0.1, 0.15) is 24.5 Å². The maximum Gasteiger partial charge on any atom is 0.0311 e. The zero-order valence-electron chi connectivity index (χ0n) is 7.68. The molecule has 0 radical (unpaired) electrons. The summed E-state index contributed by atoms with van der Waals surface area (Å²) in [6.45, 7) is 4.14. The molecule has 0 bridgehead atoms. The van der Waals surface area contributed by atoms with Gasteiger partial charge in [-0.1, -0.05) is 29.8 Å². The maximum absolute atomic E-state index is 5.86. The van der Waals surface area contributed by atoms with E-state index in [0.717, 1.165) is 12.8 Å². The van der Waals surface area contributed by atoms with E-state index in [2.05, 4.69) is 31.2 Å². The predicted octanol–water partition coefficient (Wildman–Crippen LogP) is 3.55. The van der Waals surface area contributed by atoms with Crippen LogP contribution in [0.3, 0.4) is 0 Å². The van der Waals surface area contributed by atoms with E-state index in [0.29, 0.717) is 0 Å². The first-order valence-electron chi connectivity index (χ1n) is 4.38. The molecule has 0 aliphatic carbocycles. The van der Waals surface area contributed by atoms with Gasteiger partial charge in [0, 0.05) is 5.38 Å². The monoisotopic (exact) mass is 182 g/mol. The largest absolute Gasteiger partial charge is 0.123 e. The molecule has 0 nitrogen and oxygen atoms in total. The Labute approximate surface area is 79.6 Å². The molecule has 0 saturated heterocycles. The Bertz CT molecular complexity index is 223. The van der Waals surface area contributed by atoms with Crippen LogP contribution in [0.2, 0.25) is 0 Å². The van der Waals surface area contributed by atoms with E-state index in [-0.39, 0.29) is 5.38 Å². The van der Waals surface area contributed by atoms with Gasteiger partial charge < -0.3 is 0 Å². The first-order valence-corrected chi connectivity index (χ1v) is 4.82. The van der Waals surface area contributed by atoms with E-state index in [1.807, 2.05) is 6.92 Å². The Morgan fingerprint density at radius 2 is 1.83 bits per heavy atom. The van der Waals surface area contributed by atoms with Gasteiger partial charge in [-0.05, 0) is 32.3 Å². The third kappa shape index (κ3) is 3.27. The first kappa shape index (κ1) is 9.60. The van der Waals surface area contributed by atoms with Crippen LogP contribution < -0.4 is 0 Å². The van der Waals surface area contributed by atoms with Gasteiger partial charge in [-0.25, -0.2) is 0 Å². The van der Waals surface area contributed by atoms with Crippen LogP contribution in [0.15, 0.2) is 24.3 Å². The van der Waals surface area contributed by atoms with E-state index < -0.39 is 0 Å². The number of aryl methyl sites for hydroxylation is 2. The summed E-state index contributed by atoms with van der Waals surface area (Å²) in [5, 5.41) is 0.284. The molecule has 0 saturated carbocycles. The van der Waals surface area contributed by atoms with E-state index in [9.17, 15) is 0 Å². The number of benzene rings is 1. The molecule has 0 amide bonds. The molecule has 12 heavy (non-hydrogen) atoms. The lowest BCUT2D eigenvalue weighted by Crippen LogP contribution is -1.94. The van der Waals surface area contributed by atoms with Gasteiger partial charge in [-0.3, -0.25) is 0 Å². The molecule has 1 aromatic rings. The summed E-state index contributed by atoms with van der Waals surface area (Å²) in [5.41, 5.74) is 2.70. The maximum atomic E-state index is 5.86. The fraction of sp³-hybridized carbons (Fsp3) is 0.455. The quantitative estimate of drug-likeness (QED) is 0.628. The molecule has 0 fully saturated rings. The number of hydrogen-bond acceptors (Lipinski definition) is 0. The number of halogens is 1. The van der Waals surface area contributed by atoms with Crippen LogP contribution in [0.25, 0.3) is 0 Å². The van der Waals surface area contributed by atoms with Crippen molar-refractivity contribution >= 4 is 11.6 Å². The highest BCUT2D eigenvalue weighted by Crippen LogP contribution is 2.09. The Kier molecular flexibility index (Phi) is 3.61. The molecule has 1 atom stereocenters. The summed E-state index contributed by atoms with van der Waals surface area (Å²) in [5.74, 6) is 0. The van der Waals surface area contributed by atoms with Crippen molar-refractivity contribution < 1.29 is 0 Å². The van der Waals surface area contributed by atoms with Crippen molar-refractivity contribution in [2.45, 2.75) is 32.1 Å². The number of rotatable bonds is 3. The average molecular weight is 183 g/mol. The highest BCUT2D eigenvalue weighted by atomic mass is 35.5. The second kappa shape index (κ2) is 4.51. The molecule has 0 aromatic heterocycles. The van der Waals surface area contributed by atoms with Crippen molar-refractivity contribution in [3.8, 4) is 0 Å². The van der Waals surface area contributed by atoms with Gasteiger partial charge >= 0.3 is 0 Å². The minimum atomic E-state index is 0.284. The molecule has 0 aliphatic rings. The molecule has 1 aromatic carbocycles. The first-order chi connectivity index (χ1) is 5.68. The normalized spacial score (nSPS) is 12.9. The van der Waals surface area contributed by atoms with E-state index in [4.69, 9.17) is 11.6 Å². The summed E-state index contributed by atoms with van der Waals surface area (Å²) in [7, 11) is 0. The van der Waals surface area contributed by atoms with Crippen molar-refractivity contribution in [2.24, 2.45) is 0 Å². The van der Waals surface area contributed by atoms with Crippen LogP contribution in [-0.4, -0.2) is 5.38 Å². The van der Waals surface area contributed by atoms with Crippen molar-refractivity contribution in [3.05, 3.63) is 35.4 Å². The molecule has 1 heteroatoms. The van der Waals surface area contributed by atoms with Gasteiger partial charge in [-0.2, -0.15) is 0 Å². The molecule has 1 rings (SSSR count). The molecule has 0 aliphatic heterocycles. The van der Waals surface area contributed by atoms with Crippen LogP contribution in [0, 0.1) is 6.92 Å². The van der Waals surface area contributed by atoms with Gasteiger partial charge in [0.25, 0.3) is 0 Å². The van der Waals surface area contributed by atoms with E-state index in [1.54, 1.807) is 0 Å². The van der Waals surface area contributed by atoms with Gasteiger partial charge in [0.15, 0.2) is 0 Å². The van der Waals surface area contributed by atoms with Crippen LogP contribution in [-0.2, 0) is 6.42 Å². The van der Waals surface area contributed by atoms with Gasteiger partial charge in [0.05, 0.1) is 0 Å². The molecule has 1 unspecified atom stereocenters. The van der Waals surface area contributed by atoms with Gasteiger partial charge in [0.1, 0.15) is 0 Å². The van der Waals surface area contributed by atoms with Crippen LogP contribution in [0.4, 0.5) is 0 Å². The van der Waals surface area contributed by atoms with Crippen molar-refractivity contribution in [3.63, 3.8) is 0 Å². The summed E-state index contributed by atoms with van der Waals surface area (Å²) in [4.78, 5) is 0. The Hall–Kier alpha value is -0.490. The summed E-state index contributed by atoms with van der Waals surface area (Å²) in [6, 6.07) is 8.64. The molecule has 0 heterocycles. The second-order valence-corrected chi connectivity index (χ2v) is 4.05. The van der Waals surface area contributed by atoms with Crippen LogP contribution in [0.5, 0.6) is 0 Å². The highest BCUT2D eigenvalue weighted by molar-refractivity contribution is 6.20. The van der Waals surface area contributed by atoms with Crippen molar-refractivity contribution in [1.29, 1.82) is 0 Å². The SMILES string of the molecule is Cc1ccc(CCC(C)Cl)cc1. The lowest BCUT2D eigenvalue weighted by Gasteiger charge is -2.02. The molecular formula is C11H15Cl. The molecule has 0 spiro atoms.